The zero-order chi connectivity index (χ0) is 17.9. The maximum Gasteiger partial charge on any atom is 0.416 e. The minimum absolute atomic E-state index is 0.0406. The lowest BCUT2D eigenvalue weighted by molar-refractivity contribution is -0.137. The van der Waals surface area contributed by atoms with Crippen LogP contribution in [0.4, 0.5) is 18.9 Å². The third-order valence-electron chi connectivity index (χ3n) is 3.09. The van der Waals surface area contributed by atoms with Crippen molar-refractivity contribution in [2.24, 2.45) is 0 Å². The molecule has 2 aromatic rings. The Hall–Kier alpha value is -2.10. The molecule has 0 aliphatic rings. The number of ether oxygens (including phenoxy) is 1. The zero-order valence-corrected chi connectivity index (χ0v) is 14.4. The number of alkyl halides is 3. The standard InChI is InChI=1S/C16H11F3INO3/c1-24-15(23)10-4-2-3-9(7-10)14(22)21-13-8-11(16(17,18)19)5-6-12(13)20/h2-8H,1H3,(H,21,22). The van der Waals surface area contributed by atoms with Crippen LogP contribution in [-0.2, 0) is 10.9 Å². The van der Waals surface area contributed by atoms with Crippen molar-refractivity contribution in [3.05, 3.63) is 62.7 Å². The van der Waals surface area contributed by atoms with Gasteiger partial charge in [0.2, 0.25) is 0 Å². The van der Waals surface area contributed by atoms with Gasteiger partial charge in [-0.3, -0.25) is 4.79 Å². The van der Waals surface area contributed by atoms with E-state index in [-0.39, 0.29) is 16.8 Å². The number of nitrogens with one attached hydrogen (secondary N) is 1. The molecule has 126 valence electrons. The quantitative estimate of drug-likeness (QED) is 0.560. The fourth-order valence-electron chi connectivity index (χ4n) is 1.90. The monoisotopic (exact) mass is 449 g/mol. The molecule has 2 aromatic carbocycles. The fraction of sp³-hybridized carbons (Fsp3) is 0.125. The molecule has 0 saturated carbocycles. The summed E-state index contributed by atoms with van der Waals surface area (Å²) in [6.45, 7) is 0. The van der Waals surface area contributed by atoms with Crippen molar-refractivity contribution in [3.63, 3.8) is 0 Å². The van der Waals surface area contributed by atoms with Crippen LogP contribution < -0.4 is 5.32 Å². The molecule has 0 aliphatic carbocycles. The number of hydrogen-bond donors (Lipinski definition) is 1. The number of hydrogen-bond acceptors (Lipinski definition) is 3. The predicted octanol–water partition coefficient (Wildman–Crippen LogP) is 4.35. The average Bonchev–Trinajstić information content (AvgIpc) is 2.55. The predicted molar refractivity (Wildman–Crippen MR) is 89.9 cm³/mol. The summed E-state index contributed by atoms with van der Waals surface area (Å²) in [5, 5.41) is 2.42. The lowest BCUT2D eigenvalue weighted by atomic mass is 10.1. The molecule has 0 heterocycles. The number of esters is 1. The largest absolute Gasteiger partial charge is 0.465 e. The second-order valence-corrected chi connectivity index (χ2v) is 5.88. The molecule has 1 amide bonds. The van der Waals surface area contributed by atoms with Gasteiger partial charge in [0.25, 0.3) is 5.91 Å². The first-order valence-electron chi connectivity index (χ1n) is 6.59. The summed E-state index contributed by atoms with van der Waals surface area (Å²) < 4.78 is 43.3. The van der Waals surface area contributed by atoms with Crippen LogP contribution in [0, 0.1) is 3.57 Å². The number of carbonyl (C=O) groups excluding carboxylic acids is 2. The van der Waals surface area contributed by atoms with E-state index in [0.717, 1.165) is 12.1 Å². The molecule has 0 aliphatic heterocycles. The first-order chi connectivity index (χ1) is 11.2. The van der Waals surface area contributed by atoms with Gasteiger partial charge in [-0.15, -0.1) is 0 Å². The highest BCUT2D eigenvalue weighted by molar-refractivity contribution is 14.1. The first kappa shape index (κ1) is 18.2. The number of halogens is 4. The molecular formula is C16H11F3INO3. The van der Waals surface area contributed by atoms with Gasteiger partial charge in [0.05, 0.1) is 23.9 Å². The van der Waals surface area contributed by atoms with Crippen LogP contribution in [0.1, 0.15) is 26.3 Å². The summed E-state index contributed by atoms with van der Waals surface area (Å²) in [6.07, 6.45) is -4.51. The summed E-state index contributed by atoms with van der Waals surface area (Å²) in [5.41, 5.74) is -0.518. The molecule has 24 heavy (non-hydrogen) atoms. The first-order valence-corrected chi connectivity index (χ1v) is 7.66. The Balaban J connectivity index is 2.29. The second-order valence-electron chi connectivity index (χ2n) is 4.72. The maximum atomic E-state index is 12.8. The van der Waals surface area contributed by atoms with Crippen molar-refractivity contribution in [2.45, 2.75) is 6.18 Å². The third-order valence-corrected chi connectivity index (χ3v) is 4.03. The van der Waals surface area contributed by atoms with Crippen LogP contribution in [0.25, 0.3) is 0 Å². The van der Waals surface area contributed by atoms with Gasteiger partial charge < -0.3 is 10.1 Å². The van der Waals surface area contributed by atoms with Crippen LogP contribution in [0.3, 0.4) is 0 Å². The molecule has 1 N–H and O–H groups in total. The molecule has 0 saturated heterocycles. The highest BCUT2D eigenvalue weighted by Gasteiger charge is 2.31. The number of methoxy groups -OCH3 is 1. The molecule has 2 rings (SSSR count). The third kappa shape index (κ3) is 4.25. The molecule has 0 bridgehead atoms. The molecular weight excluding hydrogens is 438 g/mol. The molecule has 0 atom stereocenters. The lowest BCUT2D eigenvalue weighted by Crippen LogP contribution is -2.15. The average molecular weight is 449 g/mol. The fourth-order valence-corrected chi connectivity index (χ4v) is 2.37. The minimum Gasteiger partial charge on any atom is -0.465 e. The van der Waals surface area contributed by atoms with E-state index in [1.807, 2.05) is 22.6 Å². The highest BCUT2D eigenvalue weighted by Crippen LogP contribution is 2.32. The molecule has 0 spiro atoms. The van der Waals surface area contributed by atoms with Gasteiger partial charge in [-0.1, -0.05) is 6.07 Å². The number of carbonyl (C=O) groups is 2. The number of benzene rings is 2. The summed E-state index contributed by atoms with van der Waals surface area (Å²) in [4.78, 5) is 23.7. The Labute approximate surface area is 149 Å². The van der Waals surface area contributed by atoms with Crippen LogP contribution >= 0.6 is 22.6 Å². The van der Waals surface area contributed by atoms with Crippen LogP contribution in [0.2, 0.25) is 0 Å². The summed E-state index contributed by atoms with van der Waals surface area (Å²) in [6, 6.07) is 8.78. The van der Waals surface area contributed by atoms with E-state index in [1.54, 1.807) is 0 Å². The molecule has 8 heteroatoms. The van der Waals surface area contributed by atoms with Crippen molar-refractivity contribution in [2.75, 3.05) is 12.4 Å². The van der Waals surface area contributed by atoms with Gasteiger partial charge in [0.15, 0.2) is 0 Å². The Morgan fingerprint density at radius 1 is 1.08 bits per heavy atom. The number of anilines is 1. The Morgan fingerprint density at radius 2 is 1.75 bits per heavy atom. The van der Waals surface area contributed by atoms with Crippen molar-refractivity contribution in [1.29, 1.82) is 0 Å². The Morgan fingerprint density at radius 3 is 2.38 bits per heavy atom. The topological polar surface area (TPSA) is 55.4 Å². The zero-order valence-electron chi connectivity index (χ0n) is 12.3. The van der Waals surface area contributed by atoms with Crippen molar-refractivity contribution < 1.29 is 27.5 Å². The summed E-state index contributed by atoms with van der Waals surface area (Å²) >= 11 is 1.83. The van der Waals surface area contributed by atoms with Crippen molar-refractivity contribution in [1.82, 2.24) is 0 Å². The highest BCUT2D eigenvalue weighted by atomic mass is 127. The Kier molecular flexibility index (Phi) is 5.47. The molecule has 0 radical (unpaired) electrons. The van der Waals surface area contributed by atoms with Crippen LogP contribution in [0.15, 0.2) is 42.5 Å². The molecule has 0 fully saturated rings. The van der Waals surface area contributed by atoms with Crippen molar-refractivity contribution >= 4 is 40.2 Å². The van der Waals surface area contributed by atoms with Gasteiger partial charge in [-0.25, -0.2) is 4.79 Å². The normalized spacial score (nSPS) is 11.0. The van der Waals surface area contributed by atoms with E-state index in [4.69, 9.17) is 0 Å². The van der Waals surface area contributed by atoms with Gasteiger partial charge in [0, 0.05) is 9.13 Å². The molecule has 0 unspecified atom stereocenters. The van der Waals surface area contributed by atoms with E-state index >= 15 is 0 Å². The molecule has 4 nitrogen and oxygen atoms in total. The van der Waals surface area contributed by atoms with E-state index in [0.29, 0.717) is 3.57 Å². The minimum atomic E-state index is -4.51. The summed E-state index contributed by atoms with van der Waals surface area (Å²) in [7, 11) is 1.21. The van der Waals surface area contributed by atoms with Gasteiger partial charge in [-0.05, 0) is 59.0 Å². The number of rotatable bonds is 3. The lowest BCUT2D eigenvalue weighted by Gasteiger charge is -2.12. The second kappa shape index (κ2) is 7.20. The van der Waals surface area contributed by atoms with Gasteiger partial charge in [0.1, 0.15) is 0 Å². The summed E-state index contributed by atoms with van der Waals surface area (Å²) in [5.74, 6) is -1.24. The maximum absolute atomic E-state index is 12.8. The van der Waals surface area contributed by atoms with E-state index < -0.39 is 23.6 Å². The van der Waals surface area contributed by atoms with E-state index in [2.05, 4.69) is 10.1 Å². The van der Waals surface area contributed by atoms with Gasteiger partial charge in [-0.2, -0.15) is 13.2 Å². The van der Waals surface area contributed by atoms with E-state index in [1.165, 1.54) is 37.4 Å². The SMILES string of the molecule is COC(=O)c1cccc(C(=O)Nc2cc(C(F)(F)F)ccc2I)c1. The van der Waals surface area contributed by atoms with Crippen molar-refractivity contribution in [3.8, 4) is 0 Å². The number of amides is 1. The van der Waals surface area contributed by atoms with E-state index in [9.17, 15) is 22.8 Å². The van der Waals surface area contributed by atoms with Crippen LogP contribution in [0.5, 0.6) is 0 Å². The molecule has 0 aromatic heterocycles. The smallest absolute Gasteiger partial charge is 0.416 e. The van der Waals surface area contributed by atoms with Gasteiger partial charge >= 0.3 is 12.1 Å². The van der Waals surface area contributed by atoms with Crippen LogP contribution in [-0.4, -0.2) is 19.0 Å². The Bertz CT molecular complexity index is 790.